The summed E-state index contributed by atoms with van der Waals surface area (Å²) in [7, 11) is 0. The van der Waals surface area contributed by atoms with E-state index in [-0.39, 0.29) is 12.6 Å². The van der Waals surface area contributed by atoms with Crippen molar-refractivity contribution in [2.24, 2.45) is 5.92 Å². The van der Waals surface area contributed by atoms with Gasteiger partial charge in [0.1, 0.15) is 0 Å². The highest BCUT2D eigenvalue weighted by Crippen LogP contribution is 2.11. The topological polar surface area (TPSA) is 79.2 Å². The molecule has 2 amide bonds. The van der Waals surface area contributed by atoms with Gasteiger partial charge in [-0.05, 0) is 24.5 Å². The molecule has 0 radical (unpaired) electrons. The van der Waals surface area contributed by atoms with Crippen molar-refractivity contribution < 1.29 is 9.90 Å². The van der Waals surface area contributed by atoms with Crippen molar-refractivity contribution in [3.63, 3.8) is 0 Å². The second-order valence-corrected chi connectivity index (χ2v) is 5.63. The minimum Gasteiger partial charge on any atom is -0.391 e. The molecule has 1 atom stereocenters. The van der Waals surface area contributed by atoms with Crippen molar-refractivity contribution in [2.75, 3.05) is 11.9 Å². The number of hydrogen-bond donors (Lipinski definition) is 3. The van der Waals surface area contributed by atoms with Crippen LogP contribution in [0.5, 0.6) is 0 Å². The highest BCUT2D eigenvalue weighted by molar-refractivity contribution is 5.88. The van der Waals surface area contributed by atoms with Crippen LogP contribution in [0.15, 0.2) is 42.7 Å². The summed E-state index contributed by atoms with van der Waals surface area (Å²) in [6, 6.07) is 9.29. The normalized spacial score (nSPS) is 12.2. The van der Waals surface area contributed by atoms with Crippen LogP contribution in [-0.2, 0) is 0 Å². The van der Waals surface area contributed by atoms with Crippen molar-refractivity contribution in [3.05, 3.63) is 42.7 Å². The minimum atomic E-state index is -0.530. The Morgan fingerprint density at radius 2 is 2.05 bits per heavy atom. The first kappa shape index (κ1) is 16.0. The maximum absolute atomic E-state index is 11.8. The fraction of sp³-hybridized carbons (Fsp3) is 0.375. The molecule has 6 nitrogen and oxygen atoms in total. The highest BCUT2D eigenvalue weighted by Gasteiger charge is 2.10. The van der Waals surface area contributed by atoms with Crippen molar-refractivity contribution in [1.29, 1.82) is 0 Å². The highest BCUT2D eigenvalue weighted by atomic mass is 16.3. The van der Waals surface area contributed by atoms with Gasteiger partial charge in [-0.3, -0.25) is 0 Å². The number of carbonyl (C=O) groups is 1. The zero-order chi connectivity index (χ0) is 15.9. The molecule has 0 aliphatic rings. The number of urea groups is 1. The Morgan fingerprint density at radius 1 is 1.32 bits per heavy atom. The summed E-state index contributed by atoms with van der Waals surface area (Å²) in [4.78, 5) is 11.8. The third-order valence-corrected chi connectivity index (χ3v) is 3.10. The number of nitrogens with one attached hydrogen (secondary N) is 2. The first-order valence-electron chi connectivity index (χ1n) is 7.37. The summed E-state index contributed by atoms with van der Waals surface area (Å²) >= 11 is 0. The molecule has 0 spiro atoms. The number of benzene rings is 1. The smallest absolute Gasteiger partial charge is 0.319 e. The summed E-state index contributed by atoms with van der Waals surface area (Å²) in [6.45, 7) is 4.29. The van der Waals surface area contributed by atoms with Crippen LogP contribution >= 0.6 is 0 Å². The molecule has 2 rings (SSSR count). The van der Waals surface area contributed by atoms with Gasteiger partial charge in [0, 0.05) is 6.54 Å². The lowest BCUT2D eigenvalue weighted by Crippen LogP contribution is -2.35. The van der Waals surface area contributed by atoms with E-state index in [1.807, 2.05) is 44.2 Å². The summed E-state index contributed by atoms with van der Waals surface area (Å²) in [5, 5.41) is 19.3. The van der Waals surface area contributed by atoms with E-state index >= 15 is 0 Å². The maximum Gasteiger partial charge on any atom is 0.319 e. The summed E-state index contributed by atoms with van der Waals surface area (Å²) in [5.41, 5.74) is 1.52. The SMILES string of the molecule is CC(C)CC(O)CNC(=O)Nc1cnn(-c2ccccc2)c1. The lowest BCUT2D eigenvalue weighted by atomic mass is 10.1. The molecule has 0 fully saturated rings. The van der Waals surface area contributed by atoms with Gasteiger partial charge >= 0.3 is 6.03 Å². The van der Waals surface area contributed by atoms with Crippen LogP contribution in [0, 0.1) is 5.92 Å². The Morgan fingerprint density at radius 3 is 2.73 bits per heavy atom. The number of hydrogen-bond acceptors (Lipinski definition) is 3. The van der Waals surface area contributed by atoms with Gasteiger partial charge in [-0.15, -0.1) is 0 Å². The number of rotatable bonds is 6. The summed E-state index contributed by atoms with van der Waals surface area (Å²) in [6.07, 6.45) is 3.45. The van der Waals surface area contributed by atoms with Gasteiger partial charge in [-0.2, -0.15) is 5.10 Å². The van der Waals surface area contributed by atoms with Crippen LogP contribution < -0.4 is 10.6 Å². The van der Waals surface area contributed by atoms with Crippen molar-refractivity contribution in [1.82, 2.24) is 15.1 Å². The van der Waals surface area contributed by atoms with Gasteiger partial charge in [0.05, 0.1) is 29.9 Å². The van der Waals surface area contributed by atoms with Crippen LogP contribution in [0.25, 0.3) is 5.69 Å². The molecular weight excluding hydrogens is 280 g/mol. The number of anilines is 1. The Balaban J connectivity index is 1.84. The van der Waals surface area contributed by atoms with Crippen LogP contribution in [0.3, 0.4) is 0 Å². The molecule has 22 heavy (non-hydrogen) atoms. The van der Waals surface area contributed by atoms with E-state index in [1.165, 1.54) is 0 Å². The number of nitrogens with zero attached hydrogens (tertiary/aromatic N) is 2. The van der Waals surface area contributed by atoms with Crippen molar-refractivity contribution in [2.45, 2.75) is 26.4 Å². The average molecular weight is 302 g/mol. The molecule has 1 aromatic carbocycles. The third kappa shape index (κ3) is 4.89. The third-order valence-electron chi connectivity index (χ3n) is 3.10. The maximum atomic E-state index is 11.8. The lowest BCUT2D eigenvalue weighted by Gasteiger charge is -2.13. The molecule has 1 heterocycles. The second kappa shape index (κ2) is 7.61. The summed E-state index contributed by atoms with van der Waals surface area (Å²) < 4.78 is 1.68. The van der Waals surface area contributed by atoms with E-state index in [1.54, 1.807) is 17.1 Å². The van der Waals surface area contributed by atoms with Crippen molar-refractivity contribution >= 4 is 11.7 Å². The Hall–Kier alpha value is -2.34. The van der Waals surface area contributed by atoms with E-state index in [4.69, 9.17) is 0 Å². The van der Waals surface area contributed by atoms with Gasteiger partial charge in [-0.25, -0.2) is 9.48 Å². The number of aliphatic hydroxyl groups excluding tert-OH is 1. The fourth-order valence-electron chi connectivity index (χ4n) is 2.12. The van der Waals surface area contributed by atoms with E-state index in [0.29, 0.717) is 18.0 Å². The second-order valence-electron chi connectivity index (χ2n) is 5.63. The number of amides is 2. The van der Waals surface area contributed by atoms with Gasteiger partial charge in [0.25, 0.3) is 0 Å². The molecule has 1 aromatic heterocycles. The molecule has 118 valence electrons. The van der Waals surface area contributed by atoms with E-state index in [0.717, 1.165) is 5.69 Å². The molecule has 0 saturated heterocycles. The van der Waals surface area contributed by atoms with Crippen LogP contribution in [-0.4, -0.2) is 33.6 Å². The number of carbonyl (C=O) groups excluding carboxylic acids is 1. The van der Waals surface area contributed by atoms with Crippen LogP contribution in [0.1, 0.15) is 20.3 Å². The van der Waals surface area contributed by atoms with E-state index in [9.17, 15) is 9.90 Å². The molecular formula is C16H22N4O2. The zero-order valence-electron chi connectivity index (χ0n) is 12.9. The zero-order valence-corrected chi connectivity index (χ0v) is 12.9. The monoisotopic (exact) mass is 302 g/mol. The standard InChI is InChI=1S/C16H22N4O2/c1-12(2)8-15(21)10-17-16(22)19-13-9-18-20(11-13)14-6-4-3-5-7-14/h3-7,9,11-12,15,21H,8,10H2,1-2H3,(H2,17,19,22). The number of para-hydroxylation sites is 1. The predicted molar refractivity (Wildman–Crippen MR) is 86.0 cm³/mol. The summed E-state index contributed by atoms with van der Waals surface area (Å²) in [5.74, 6) is 0.393. The van der Waals surface area contributed by atoms with Gasteiger partial charge < -0.3 is 15.7 Å². The first-order chi connectivity index (χ1) is 10.5. The molecule has 0 aliphatic heterocycles. The first-order valence-corrected chi connectivity index (χ1v) is 7.37. The van der Waals surface area contributed by atoms with Gasteiger partial charge in [0.2, 0.25) is 0 Å². The van der Waals surface area contributed by atoms with E-state index < -0.39 is 6.10 Å². The molecule has 2 aromatic rings. The van der Waals surface area contributed by atoms with E-state index in [2.05, 4.69) is 15.7 Å². The number of aromatic nitrogens is 2. The molecule has 3 N–H and O–H groups in total. The molecule has 0 saturated carbocycles. The largest absolute Gasteiger partial charge is 0.391 e. The van der Waals surface area contributed by atoms with Gasteiger partial charge in [-0.1, -0.05) is 32.0 Å². The average Bonchev–Trinajstić information content (AvgIpc) is 2.94. The Kier molecular flexibility index (Phi) is 5.55. The van der Waals surface area contributed by atoms with Crippen LogP contribution in [0.2, 0.25) is 0 Å². The quantitative estimate of drug-likeness (QED) is 0.766. The Bertz CT molecular complexity index is 595. The Labute approximate surface area is 130 Å². The fourth-order valence-corrected chi connectivity index (χ4v) is 2.12. The minimum absolute atomic E-state index is 0.233. The molecule has 6 heteroatoms. The number of aliphatic hydroxyl groups is 1. The molecule has 1 unspecified atom stereocenters. The van der Waals surface area contributed by atoms with Crippen molar-refractivity contribution in [3.8, 4) is 5.69 Å². The lowest BCUT2D eigenvalue weighted by molar-refractivity contribution is 0.148. The van der Waals surface area contributed by atoms with Crippen LogP contribution in [0.4, 0.5) is 10.5 Å². The molecule has 0 bridgehead atoms. The van der Waals surface area contributed by atoms with Gasteiger partial charge in [0.15, 0.2) is 0 Å². The predicted octanol–water partition coefficient (Wildman–Crippen LogP) is 2.40. The molecule has 0 aliphatic carbocycles.